The van der Waals surface area contributed by atoms with Gasteiger partial charge >= 0.3 is 0 Å². The van der Waals surface area contributed by atoms with Crippen LogP contribution in [-0.2, 0) is 17.9 Å². The Balaban J connectivity index is 1.77. The van der Waals surface area contributed by atoms with Crippen LogP contribution in [0.2, 0.25) is 0 Å². The topological polar surface area (TPSA) is 29.5 Å². The number of aryl methyl sites for hydroxylation is 1. The van der Waals surface area contributed by atoms with Crippen LogP contribution < -0.4 is 0 Å². The SMILES string of the molecule is C=CCN(OCc1ccccc1)C(=O)c1ccc(CCCCCCCCCC)cc1. The molecule has 1 amide bonds. The molecule has 0 aliphatic carbocycles. The van der Waals surface area contributed by atoms with E-state index < -0.39 is 0 Å². The summed E-state index contributed by atoms with van der Waals surface area (Å²) in [5, 5.41) is 1.38. The van der Waals surface area contributed by atoms with Crippen molar-refractivity contribution in [3.05, 3.63) is 83.9 Å². The number of amides is 1. The predicted octanol–water partition coefficient (Wildman–Crippen LogP) is 7.13. The van der Waals surface area contributed by atoms with Crippen LogP contribution in [0.4, 0.5) is 0 Å². The lowest BCUT2D eigenvalue weighted by molar-refractivity contribution is -0.126. The number of rotatable bonds is 15. The molecule has 2 aromatic rings. The Labute approximate surface area is 182 Å². The van der Waals surface area contributed by atoms with E-state index in [4.69, 9.17) is 4.84 Å². The van der Waals surface area contributed by atoms with Crippen LogP contribution >= 0.6 is 0 Å². The maximum absolute atomic E-state index is 12.8. The first-order valence-corrected chi connectivity index (χ1v) is 11.4. The maximum atomic E-state index is 12.8. The van der Waals surface area contributed by atoms with Crippen molar-refractivity contribution in [2.24, 2.45) is 0 Å². The van der Waals surface area contributed by atoms with Gasteiger partial charge in [0, 0.05) is 5.56 Å². The summed E-state index contributed by atoms with van der Waals surface area (Å²) in [4.78, 5) is 18.6. The Hall–Kier alpha value is -2.39. The zero-order valence-electron chi connectivity index (χ0n) is 18.5. The molecule has 162 valence electrons. The van der Waals surface area contributed by atoms with E-state index in [1.165, 1.54) is 62.0 Å². The van der Waals surface area contributed by atoms with E-state index in [0.717, 1.165) is 12.0 Å². The lowest BCUT2D eigenvalue weighted by atomic mass is 10.0. The second kappa shape index (κ2) is 14.6. The molecule has 3 heteroatoms. The highest BCUT2D eigenvalue weighted by atomic mass is 16.7. The summed E-state index contributed by atoms with van der Waals surface area (Å²) in [7, 11) is 0. The second-order valence-corrected chi connectivity index (χ2v) is 7.84. The molecule has 2 rings (SSSR count). The lowest BCUT2D eigenvalue weighted by Gasteiger charge is -2.20. The van der Waals surface area contributed by atoms with Gasteiger partial charge in [0.2, 0.25) is 0 Å². The summed E-state index contributed by atoms with van der Waals surface area (Å²) < 4.78 is 0. The van der Waals surface area contributed by atoms with Crippen LogP contribution in [0.1, 0.15) is 79.8 Å². The van der Waals surface area contributed by atoms with E-state index in [0.29, 0.717) is 18.7 Å². The van der Waals surface area contributed by atoms with E-state index in [9.17, 15) is 4.79 Å². The average Bonchev–Trinajstić information content (AvgIpc) is 2.79. The van der Waals surface area contributed by atoms with Crippen LogP contribution in [0.3, 0.4) is 0 Å². The molecule has 0 fully saturated rings. The Morgan fingerprint density at radius 1 is 0.867 bits per heavy atom. The van der Waals surface area contributed by atoms with Crippen molar-refractivity contribution < 1.29 is 9.63 Å². The van der Waals surface area contributed by atoms with Crippen molar-refractivity contribution in [1.29, 1.82) is 0 Å². The van der Waals surface area contributed by atoms with Gasteiger partial charge in [-0.1, -0.05) is 100 Å². The largest absolute Gasteiger partial charge is 0.277 e. The van der Waals surface area contributed by atoms with Gasteiger partial charge < -0.3 is 0 Å². The molecule has 2 aromatic carbocycles. The number of carbonyl (C=O) groups excluding carboxylic acids is 1. The Morgan fingerprint density at radius 2 is 1.50 bits per heavy atom. The molecule has 0 spiro atoms. The molecule has 0 atom stereocenters. The van der Waals surface area contributed by atoms with Crippen molar-refractivity contribution in [2.75, 3.05) is 6.54 Å². The van der Waals surface area contributed by atoms with Crippen molar-refractivity contribution in [3.8, 4) is 0 Å². The van der Waals surface area contributed by atoms with Crippen LogP contribution in [0.25, 0.3) is 0 Å². The zero-order valence-corrected chi connectivity index (χ0v) is 18.5. The molecule has 0 radical (unpaired) electrons. The van der Waals surface area contributed by atoms with Crippen LogP contribution in [0.5, 0.6) is 0 Å². The molecule has 0 aliphatic rings. The van der Waals surface area contributed by atoms with Gasteiger partial charge in [-0.25, -0.2) is 5.06 Å². The first-order chi connectivity index (χ1) is 14.7. The van der Waals surface area contributed by atoms with E-state index in [2.05, 4.69) is 25.6 Å². The maximum Gasteiger partial charge on any atom is 0.277 e. The van der Waals surface area contributed by atoms with Gasteiger partial charge in [0.1, 0.15) is 6.61 Å². The van der Waals surface area contributed by atoms with E-state index in [-0.39, 0.29) is 5.91 Å². The van der Waals surface area contributed by atoms with Crippen LogP contribution in [-0.4, -0.2) is 17.5 Å². The molecule has 30 heavy (non-hydrogen) atoms. The minimum Gasteiger partial charge on any atom is -0.267 e. The summed E-state index contributed by atoms with van der Waals surface area (Å²) in [5.41, 5.74) is 2.96. The third kappa shape index (κ3) is 8.96. The van der Waals surface area contributed by atoms with Gasteiger partial charge in [-0.05, 0) is 36.1 Å². The molecule has 0 aliphatic heterocycles. The molecule has 0 bridgehead atoms. The number of benzene rings is 2. The number of unbranched alkanes of at least 4 members (excludes halogenated alkanes) is 7. The number of nitrogens with zero attached hydrogens (tertiary/aromatic N) is 1. The monoisotopic (exact) mass is 407 g/mol. The number of hydroxylamine groups is 2. The fourth-order valence-electron chi connectivity index (χ4n) is 3.46. The average molecular weight is 408 g/mol. The lowest BCUT2D eigenvalue weighted by Crippen LogP contribution is -2.31. The zero-order chi connectivity index (χ0) is 21.4. The van der Waals surface area contributed by atoms with Gasteiger partial charge in [0.15, 0.2) is 0 Å². The highest BCUT2D eigenvalue weighted by Gasteiger charge is 2.15. The van der Waals surface area contributed by atoms with Gasteiger partial charge in [-0.2, -0.15) is 0 Å². The number of hydrogen-bond donors (Lipinski definition) is 0. The first kappa shape index (κ1) is 23.9. The van der Waals surface area contributed by atoms with E-state index in [1.807, 2.05) is 42.5 Å². The molecule has 3 nitrogen and oxygen atoms in total. The van der Waals surface area contributed by atoms with E-state index >= 15 is 0 Å². The normalized spacial score (nSPS) is 10.7. The number of hydrogen-bond acceptors (Lipinski definition) is 2. The minimum atomic E-state index is -0.135. The summed E-state index contributed by atoms with van der Waals surface area (Å²) in [6, 6.07) is 17.8. The smallest absolute Gasteiger partial charge is 0.267 e. The molecule has 0 saturated carbocycles. The first-order valence-electron chi connectivity index (χ1n) is 11.4. The van der Waals surface area contributed by atoms with Crippen LogP contribution in [0.15, 0.2) is 67.3 Å². The quantitative estimate of drug-likeness (QED) is 0.178. The molecule has 0 unspecified atom stereocenters. The van der Waals surface area contributed by atoms with Crippen molar-refractivity contribution in [1.82, 2.24) is 5.06 Å². The third-order valence-electron chi connectivity index (χ3n) is 5.27. The fraction of sp³-hybridized carbons (Fsp3) is 0.444. The van der Waals surface area contributed by atoms with Crippen molar-refractivity contribution in [2.45, 2.75) is 71.3 Å². The highest BCUT2D eigenvalue weighted by molar-refractivity contribution is 5.93. The van der Waals surface area contributed by atoms with Crippen LogP contribution in [0, 0.1) is 0 Å². The fourth-order valence-corrected chi connectivity index (χ4v) is 3.46. The Kier molecular flexibility index (Phi) is 11.6. The molecule has 0 heterocycles. The summed E-state index contributed by atoms with van der Waals surface area (Å²) in [5.74, 6) is -0.135. The van der Waals surface area contributed by atoms with Crippen molar-refractivity contribution in [3.63, 3.8) is 0 Å². The Morgan fingerprint density at radius 3 is 2.13 bits per heavy atom. The number of carbonyl (C=O) groups is 1. The Bertz CT molecular complexity index is 724. The minimum absolute atomic E-state index is 0.135. The molecule has 0 N–H and O–H groups in total. The molecule has 0 saturated heterocycles. The van der Waals surface area contributed by atoms with E-state index in [1.54, 1.807) is 6.08 Å². The predicted molar refractivity (Wildman–Crippen MR) is 125 cm³/mol. The summed E-state index contributed by atoms with van der Waals surface area (Å²) in [6.45, 7) is 6.71. The third-order valence-corrected chi connectivity index (χ3v) is 5.27. The molecule has 0 aromatic heterocycles. The van der Waals surface area contributed by atoms with Crippen molar-refractivity contribution >= 4 is 5.91 Å². The second-order valence-electron chi connectivity index (χ2n) is 7.84. The van der Waals surface area contributed by atoms with Gasteiger partial charge in [0.25, 0.3) is 5.91 Å². The van der Waals surface area contributed by atoms with Gasteiger partial charge in [-0.15, -0.1) is 6.58 Å². The summed E-state index contributed by atoms with van der Waals surface area (Å²) >= 11 is 0. The van der Waals surface area contributed by atoms with Gasteiger partial charge in [-0.3, -0.25) is 9.63 Å². The van der Waals surface area contributed by atoms with Gasteiger partial charge in [0.05, 0.1) is 6.54 Å². The summed E-state index contributed by atoms with van der Waals surface area (Å²) in [6.07, 6.45) is 13.4. The molecular formula is C27H37NO2. The molecular weight excluding hydrogens is 370 g/mol. The standard InChI is InChI=1S/C27H37NO2/c1-3-5-6-7-8-9-10-12-15-24-18-20-26(21-19-24)27(29)28(22-4-2)30-23-25-16-13-11-14-17-25/h4,11,13-14,16-21H,2-3,5-10,12,15,22-23H2,1H3. The highest BCUT2D eigenvalue weighted by Crippen LogP contribution is 2.14.